The molecule has 2 heterocycles. The fraction of sp³-hybridized carbons (Fsp3) is 0.412. The van der Waals surface area contributed by atoms with Gasteiger partial charge < -0.3 is 9.64 Å². The smallest absolute Gasteiger partial charge is 0.358 e. The molecule has 3 rings (SSSR count). The molecule has 1 aliphatic rings. The molecule has 1 aliphatic heterocycles. The average molecular weight is 299 g/mol. The van der Waals surface area contributed by atoms with E-state index < -0.39 is 0 Å². The Labute approximate surface area is 130 Å². The molecule has 5 heteroatoms. The van der Waals surface area contributed by atoms with Crippen LogP contribution >= 0.6 is 0 Å². The summed E-state index contributed by atoms with van der Waals surface area (Å²) in [6.07, 6.45) is 0.878. The van der Waals surface area contributed by atoms with Crippen molar-refractivity contribution in [2.75, 3.05) is 18.6 Å². The Kier molecular flexibility index (Phi) is 3.64. The minimum absolute atomic E-state index is 0.362. The Morgan fingerprint density at radius 1 is 1.27 bits per heavy atom. The lowest BCUT2D eigenvalue weighted by Gasteiger charge is -2.30. The highest BCUT2D eigenvalue weighted by molar-refractivity contribution is 5.89. The number of fused-ring (bicyclic) bond motifs is 1. The van der Waals surface area contributed by atoms with Gasteiger partial charge in [-0.1, -0.05) is 6.07 Å². The zero-order chi connectivity index (χ0) is 15.9. The quantitative estimate of drug-likeness (QED) is 0.799. The Morgan fingerprint density at radius 2 is 2.05 bits per heavy atom. The third kappa shape index (κ3) is 2.36. The van der Waals surface area contributed by atoms with Gasteiger partial charge in [-0.25, -0.2) is 4.79 Å². The van der Waals surface area contributed by atoms with E-state index in [0.717, 1.165) is 24.2 Å². The summed E-state index contributed by atoms with van der Waals surface area (Å²) in [6.45, 7) is 5.85. The molecule has 0 atom stereocenters. The van der Waals surface area contributed by atoms with Gasteiger partial charge in [0, 0.05) is 43.5 Å². The molecule has 0 amide bonds. The number of hydrogen-bond donors (Lipinski definition) is 0. The predicted octanol–water partition coefficient (Wildman–Crippen LogP) is 2.39. The van der Waals surface area contributed by atoms with E-state index >= 15 is 0 Å². The molecule has 0 N–H and O–H groups in total. The summed E-state index contributed by atoms with van der Waals surface area (Å²) < 4.78 is 6.66. The monoisotopic (exact) mass is 299 g/mol. The second-order valence-corrected chi connectivity index (χ2v) is 5.83. The van der Waals surface area contributed by atoms with Crippen molar-refractivity contribution in [3.05, 3.63) is 46.3 Å². The molecule has 0 spiro atoms. The third-order valence-corrected chi connectivity index (χ3v) is 4.48. The van der Waals surface area contributed by atoms with Crippen LogP contribution in [0.4, 0.5) is 5.69 Å². The van der Waals surface area contributed by atoms with Crippen LogP contribution in [0.1, 0.15) is 32.9 Å². The van der Waals surface area contributed by atoms with Crippen LogP contribution in [0, 0.1) is 13.8 Å². The molecule has 0 saturated heterocycles. The van der Waals surface area contributed by atoms with Gasteiger partial charge in [-0.3, -0.25) is 4.68 Å². The second kappa shape index (κ2) is 5.48. The fourth-order valence-electron chi connectivity index (χ4n) is 3.00. The van der Waals surface area contributed by atoms with Crippen molar-refractivity contribution < 1.29 is 9.53 Å². The van der Waals surface area contributed by atoms with Gasteiger partial charge in [0.25, 0.3) is 0 Å². The van der Waals surface area contributed by atoms with Gasteiger partial charge in [0.15, 0.2) is 5.69 Å². The molecule has 0 radical (unpaired) electrons. The lowest BCUT2D eigenvalue weighted by molar-refractivity contribution is 0.0592. The molecule has 0 aliphatic carbocycles. The summed E-state index contributed by atoms with van der Waals surface area (Å²) in [7, 11) is 3.28. The van der Waals surface area contributed by atoms with Gasteiger partial charge in [0.1, 0.15) is 0 Å². The highest BCUT2D eigenvalue weighted by Crippen LogP contribution is 2.28. The number of benzene rings is 1. The average Bonchev–Trinajstić information content (AvgIpc) is 2.86. The summed E-state index contributed by atoms with van der Waals surface area (Å²) in [4.78, 5) is 14.2. The molecular weight excluding hydrogens is 278 g/mol. The zero-order valence-corrected chi connectivity index (χ0v) is 13.5. The maximum atomic E-state index is 11.9. The molecular formula is C17H21N3O2. The Hall–Kier alpha value is -2.30. The van der Waals surface area contributed by atoms with E-state index in [9.17, 15) is 4.79 Å². The van der Waals surface area contributed by atoms with Crippen molar-refractivity contribution in [2.24, 2.45) is 7.05 Å². The molecule has 5 nitrogen and oxygen atoms in total. The van der Waals surface area contributed by atoms with Crippen molar-refractivity contribution in [1.29, 1.82) is 0 Å². The van der Waals surface area contributed by atoms with E-state index in [1.165, 1.54) is 23.9 Å². The number of carbonyl (C=O) groups excluding carboxylic acids is 1. The SMILES string of the molecule is COC(=O)c1nn(C)c2c1CN(c1ccc(C)c(C)c1)CC2. The van der Waals surface area contributed by atoms with Gasteiger partial charge in [-0.05, 0) is 37.1 Å². The number of anilines is 1. The van der Waals surface area contributed by atoms with Gasteiger partial charge >= 0.3 is 5.97 Å². The summed E-state index contributed by atoms with van der Waals surface area (Å²) in [5, 5.41) is 4.34. The number of esters is 1. The van der Waals surface area contributed by atoms with Crippen LogP contribution in [0.5, 0.6) is 0 Å². The number of nitrogens with zero attached hydrogens (tertiary/aromatic N) is 3. The molecule has 0 fully saturated rings. The van der Waals surface area contributed by atoms with Crippen LogP contribution in [0.3, 0.4) is 0 Å². The first kappa shape index (κ1) is 14.6. The molecule has 0 bridgehead atoms. The summed E-state index contributed by atoms with van der Waals surface area (Å²) in [5.74, 6) is -0.362. The predicted molar refractivity (Wildman–Crippen MR) is 85.2 cm³/mol. The molecule has 2 aromatic rings. The van der Waals surface area contributed by atoms with Crippen molar-refractivity contribution in [1.82, 2.24) is 9.78 Å². The highest BCUT2D eigenvalue weighted by atomic mass is 16.5. The topological polar surface area (TPSA) is 47.4 Å². The number of carbonyl (C=O) groups is 1. The van der Waals surface area contributed by atoms with Crippen LogP contribution in [0.25, 0.3) is 0 Å². The van der Waals surface area contributed by atoms with E-state index in [1.807, 2.05) is 7.05 Å². The first-order chi connectivity index (χ1) is 10.5. The fourth-order valence-corrected chi connectivity index (χ4v) is 3.00. The lowest BCUT2D eigenvalue weighted by atomic mass is 10.0. The Balaban J connectivity index is 1.95. The molecule has 22 heavy (non-hydrogen) atoms. The van der Waals surface area contributed by atoms with Crippen molar-refractivity contribution in [3.8, 4) is 0 Å². The van der Waals surface area contributed by atoms with E-state index in [0.29, 0.717) is 12.2 Å². The first-order valence-corrected chi connectivity index (χ1v) is 7.46. The maximum Gasteiger partial charge on any atom is 0.358 e. The molecule has 1 aromatic heterocycles. The number of aromatic nitrogens is 2. The standard InChI is InChI=1S/C17H21N3O2/c1-11-5-6-13(9-12(11)2)20-8-7-15-14(10-20)16(17(21)22-4)18-19(15)3/h5-6,9H,7-8,10H2,1-4H3. The Morgan fingerprint density at radius 3 is 2.73 bits per heavy atom. The number of aryl methyl sites for hydroxylation is 3. The van der Waals surface area contributed by atoms with Crippen molar-refractivity contribution in [2.45, 2.75) is 26.8 Å². The van der Waals surface area contributed by atoms with E-state index in [1.54, 1.807) is 4.68 Å². The van der Waals surface area contributed by atoms with Crippen molar-refractivity contribution in [3.63, 3.8) is 0 Å². The number of rotatable bonds is 2. The van der Waals surface area contributed by atoms with Gasteiger partial charge in [0.2, 0.25) is 0 Å². The van der Waals surface area contributed by atoms with E-state index in [4.69, 9.17) is 4.74 Å². The minimum Gasteiger partial charge on any atom is -0.464 e. The van der Waals surface area contributed by atoms with Crippen LogP contribution in [0.2, 0.25) is 0 Å². The molecule has 1 aromatic carbocycles. The number of methoxy groups -OCH3 is 1. The lowest BCUT2D eigenvalue weighted by Crippen LogP contribution is -2.31. The first-order valence-electron chi connectivity index (χ1n) is 7.46. The minimum atomic E-state index is -0.362. The Bertz CT molecular complexity index is 734. The molecule has 116 valence electrons. The van der Waals surface area contributed by atoms with Crippen molar-refractivity contribution >= 4 is 11.7 Å². The summed E-state index contributed by atoms with van der Waals surface area (Å²) in [6, 6.07) is 6.49. The van der Waals surface area contributed by atoms with Crippen LogP contribution in [0.15, 0.2) is 18.2 Å². The van der Waals surface area contributed by atoms with Crippen LogP contribution in [-0.4, -0.2) is 29.4 Å². The number of ether oxygens (including phenoxy) is 1. The number of hydrogen-bond acceptors (Lipinski definition) is 4. The molecule has 0 saturated carbocycles. The highest BCUT2D eigenvalue weighted by Gasteiger charge is 2.27. The van der Waals surface area contributed by atoms with Gasteiger partial charge in [0.05, 0.1) is 7.11 Å². The van der Waals surface area contributed by atoms with Crippen LogP contribution in [-0.2, 0) is 24.8 Å². The third-order valence-electron chi connectivity index (χ3n) is 4.48. The van der Waals surface area contributed by atoms with E-state index in [-0.39, 0.29) is 5.97 Å². The summed E-state index contributed by atoms with van der Waals surface area (Å²) in [5.41, 5.74) is 6.31. The normalized spacial score (nSPS) is 13.9. The summed E-state index contributed by atoms with van der Waals surface area (Å²) >= 11 is 0. The maximum absolute atomic E-state index is 11.9. The largest absolute Gasteiger partial charge is 0.464 e. The van der Waals surface area contributed by atoms with Gasteiger partial charge in [-0.15, -0.1) is 0 Å². The zero-order valence-electron chi connectivity index (χ0n) is 13.5. The second-order valence-electron chi connectivity index (χ2n) is 5.83. The van der Waals surface area contributed by atoms with E-state index in [2.05, 4.69) is 42.0 Å². The molecule has 0 unspecified atom stereocenters. The van der Waals surface area contributed by atoms with Crippen LogP contribution < -0.4 is 4.90 Å². The van der Waals surface area contributed by atoms with Gasteiger partial charge in [-0.2, -0.15) is 5.10 Å².